The van der Waals surface area contributed by atoms with E-state index in [0.717, 1.165) is 29.9 Å². The van der Waals surface area contributed by atoms with E-state index in [0.29, 0.717) is 6.61 Å². The summed E-state index contributed by atoms with van der Waals surface area (Å²) in [5, 5.41) is 0. The van der Waals surface area contributed by atoms with E-state index in [9.17, 15) is 0 Å². The van der Waals surface area contributed by atoms with Crippen LogP contribution in [0.4, 0.5) is 0 Å². The Morgan fingerprint density at radius 3 is 1.83 bits per heavy atom. The van der Waals surface area contributed by atoms with Gasteiger partial charge in [-0.15, -0.1) is 0 Å². The Bertz CT molecular complexity index is 418. The summed E-state index contributed by atoms with van der Waals surface area (Å²) in [4.78, 5) is 0. The van der Waals surface area contributed by atoms with E-state index in [1.54, 1.807) is 0 Å². The first-order valence-corrected chi connectivity index (χ1v) is 10.2. The molecule has 0 amide bonds. The third-order valence-electron chi connectivity index (χ3n) is 5.34. The van der Waals surface area contributed by atoms with E-state index in [2.05, 4.69) is 6.92 Å². The van der Waals surface area contributed by atoms with Crippen molar-refractivity contribution in [1.29, 1.82) is 0 Å². The van der Waals surface area contributed by atoms with Crippen molar-refractivity contribution in [3.05, 3.63) is 24.3 Å². The molecule has 0 aromatic heterocycles. The average Bonchev–Trinajstić information content (AvgIpc) is 2.62. The minimum Gasteiger partial charge on any atom is -0.494 e. The molecule has 1 aliphatic carbocycles. The van der Waals surface area contributed by atoms with Gasteiger partial charge in [0, 0.05) is 0 Å². The van der Waals surface area contributed by atoms with Gasteiger partial charge in [-0.25, -0.2) is 0 Å². The van der Waals surface area contributed by atoms with E-state index in [-0.39, 0.29) is 0 Å². The van der Waals surface area contributed by atoms with E-state index in [1.807, 2.05) is 31.2 Å². The smallest absolute Gasteiger partial charge is 0.119 e. The molecular weight excluding hydrogens is 296 g/mol. The fourth-order valence-corrected chi connectivity index (χ4v) is 3.85. The first-order valence-electron chi connectivity index (χ1n) is 10.2. The van der Waals surface area contributed by atoms with Crippen LogP contribution in [-0.2, 0) is 0 Å². The molecule has 1 aliphatic rings. The molecule has 0 bridgehead atoms. The van der Waals surface area contributed by atoms with Gasteiger partial charge >= 0.3 is 0 Å². The summed E-state index contributed by atoms with van der Waals surface area (Å²) < 4.78 is 11.3. The Labute approximate surface area is 148 Å². The van der Waals surface area contributed by atoms with Crippen molar-refractivity contribution in [3.63, 3.8) is 0 Å². The molecule has 0 spiro atoms. The first-order chi connectivity index (χ1) is 11.8. The van der Waals surface area contributed by atoms with Gasteiger partial charge in [0.1, 0.15) is 11.5 Å². The van der Waals surface area contributed by atoms with Crippen molar-refractivity contribution in [2.24, 2.45) is 11.8 Å². The number of hydrogen-bond acceptors (Lipinski definition) is 2. The fraction of sp³-hybridized carbons (Fsp3) is 0.727. The highest BCUT2D eigenvalue weighted by Gasteiger charge is 2.20. The maximum absolute atomic E-state index is 5.86. The van der Waals surface area contributed by atoms with Gasteiger partial charge in [-0.2, -0.15) is 0 Å². The Balaban J connectivity index is 1.53. The molecule has 0 atom stereocenters. The standard InChI is InChI=1S/C22H36O2/c1-3-5-6-8-19-10-12-20(13-11-19)9-7-18-24-22-16-14-21(15-17-22)23-4-2/h14-17,19-20H,3-13,18H2,1-2H3. The van der Waals surface area contributed by atoms with Crippen molar-refractivity contribution in [1.82, 2.24) is 0 Å². The molecule has 1 fully saturated rings. The van der Waals surface area contributed by atoms with Crippen LogP contribution >= 0.6 is 0 Å². The van der Waals surface area contributed by atoms with E-state index in [4.69, 9.17) is 9.47 Å². The molecule has 2 heteroatoms. The quantitative estimate of drug-likeness (QED) is 0.423. The predicted molar refractivity (Wildman–Crippen MR) is 102 cm³/mol. The lowest BCUT2D eigenvalue weighted by atomic mass is 9.78. The summed E-state index contributed by atoms with van der Waals surface area (Å²) in [5.74, 6) is 3.84. The van der Waals surface area contributed by atoms with Crippen molar-refractivity contribution in [2.45, 2.75) is 78.1 Å². The summed E-state index contributed by atoms with van der Waals surface area (Å²) in [7, 11) is 0. The molecular formula is C22H36O2. The third-order valence-corrected chi connectivity index (χ3v) is 5.34. The highest BCUT2D eigenvalue weighted by molar-refractivity contribution is 5.31. The lowest BCUT2D eigenvalue weighted by molar-refractivity contribution is 0.228. The molecule has 2 nitrogen and oxygen atoms in total. The lowest BCUT2D eigenvalue weighted by Gasteiger charge is -2.28. The Morgan fingerprint density at radius 2 is 1.29 bits per heavy atom. The van der Waals surface area contributed by atoms with Gasteiger partial charge in [0.05, 0.1) is 13.2 Å². The van der Waals surface area contributed by atoms with Crippen LogP contribution in [0.2, 0.25) is 0 Å². The number of benzene rings is 1. The van der Waals surface area contributed by atoms with Crippen LogP contribution in [0.3, 0.4) is 0 Å². The van der Waals surface area contributed by atoms with Crippen molar-refractivity contribution < 1.29 is 9.47 Å². The third kappa shape index (κ3) is 7.15. The second-order valence-electron chi connectivity index (χ2n) is 7.28. The van der Waals surface area contributed by atoms with E-state index < -0.39 is 0 Å². The Kier molecular flexibility index (Phi) is 9.09. The molecule has 0 saturated heterocycles. The highest BCUT2D eigenvalue weighted by Crippen LogP contribution is 2.34. The van der Waals surface area contributed by atoms with Crippen LogP contribution in [0.15, 0.2) is 24.3 Å². The zero-order chi connectivity index (χ0) is 17.0. The van der Waals surface area contributed by atoms with Gasteiger partial charge in [-0.3, -0.25) is 0 Å². The minimum atomic E-state index is 0.709. The van der Waals surface area contributed by atoms with Gasteiger partial charge in [0.2, 0.25) is 0 Å². The predicted octanol–water partition coefficient (Wildman–Crippen LogP) is 6.63. The normalized spacial score (nSPS) is 20.8. The number of unbranched alkanes of at least 4 members (excludes halogenated alkanes) is 2. The van der Waals surface area contributed by atoms with Crippen LogP contribution in [0.5, 0.6) is 11.5 Å². The molecule has 1 aromatic rings. The minimum absolute atomic E-state index is 0.709. The Morgan fingerprint density at radius 1 is 0.750 bits per heavy atom. The summed E-state index contributed by atoms with van der Waals surface area (Å²) in [5.41, 5.74) is 0. The van der Waals surface area contributed by atoms with Crippen LogP contribution in [-0.4, -0.2) is 13.2 Å². The maximum atomic E-state index is 5.86. The summed E-state index contributed by atoms with van der Waals surface area (Å²) in [6.07, 6.45) is 14.0. The van der Waals surface area contributed by atoms with Gasteiger partial charge in [0.15, 0.2) is 0 Å². The summed E-state index contributed by atoms with van der Waals surface area (Å²) in [6.45, 7) is 5.85. The molecule has 1 saturated carbocycles. The second kappa shape index (κ2) is 11.4. The molecule has 0 unspecified atom stereocenters. The van der Waals surface area contributed by atoms with E-state index in [1.165, 1.54) is 64.2 Å². The molecule has 0 heterocycles. The van der Waals surface area contributed by atoms with E-state index >= 15 is 0 Å². The number of rotatable bonds is 11. The van der Waals surface area contributed by atoms with Crippen molar-refractivity contribution in [2.75, 3.05) is 13.2 Å². The first kappa shape index (κ1) is 19.1. The topological polar surface area (TPSA) is 18.5 Å². The lowest BCUT2D eigenvalue weighted by Crippen LogP contribution is -2.15. The SMILES string of the molecule is CCCCCC1CCC(CCCOc2ccc(OCC)cc2)CC1. The summed E-state index contributed by atoms with van der Waals surface area (Å²) in [6, 6.07) is 7.98. The highest BCUT2D eigenvalue weighted by atomic mass is 16.5. The molecule has 0 radical (unpaired) electrons. The number of ether oxygens (including phenoxy) is 2. The van der Waals surface area contributed by atoms with Crippen LogP contribution in [0.25, 0.3) is 0 Å². The fourth-order valence-electron chi connectivity index (χ4n) is 3.85. The molecule has 24 heavy (non-hydrogen) atoms. The van der Waals surface area contributed by atoms with Gasteiger partial charge < -0.3 is 9.47 Å². The zero-order valence-corrected chi connectivity index (χ0v) is 15.8. The molecule has 0 N–H and O–H groups in total. The monoisotopic (exact) mass is 332 g/mol. The average molecular weight is 333 g/mol. The van der Waals surface area contributed by atoms with Crippen LogP contribution in [0.1, 0.15) is 78.1 Å². The molecule has 0 aliphatic heterocycles. The van der Waals surface area contributed by atoms with Gasteiger partial charge in [0.25, 0.3) is 0 Å². The zero-order valence-electron chi connectivity index (χ0n) is 15.8. The molecule has 136 valence electrons. The molecule has 1 aromatic carbocycles. The van der Waals surface area contributed by atoms with Gasteiger partial charge in [-0.1, -0.05) is 58.3 Å². The summed E-state index contributed by atoms with van der Waals surface area (Å²) >= 11 is 0. The second-order valence-corrected chi connectivity index (χ2v) is 7.28. The maximum Gasteiger partial charge on any atom is 0.119 e. The van der Waals surface area contributed by atoms with Crippen LogP contribution < -0.4 is 9.47 Å². The largest absolute Gasteiger partial charge is 0.494 e. The van der Waals surface area contributed by atoms with Crippen molar-refractivity contribution in [3.8, 4) is 11.5 Å². The van der Waals surface area contributed by atoms with Gasteiger partial charge in [-0.05, 0) is 55.9 Å². The van der Waals surface area contributed by atoms with Crippen molar-refractivity contribution >= 4 is 0 Å². The Hall–Kier alpha value is -1.18. The number of hydrogen-bond donors (Lipinski definition) is 0. The molecule has 2 rings (SSSR count). The van der Waals surface area contributed by atoms with Crippen LogP contribution in [0, 0.1) is 11.8 Å².